The fourth-order valence-corrected chi connectivity index (χ4v) is 4.27. The molecule has 2 heterocycles. The minimum absolute atomic E-state index is 0.00288. The molecule has 174 valence electrons. The Hall–Kier alpha value is -1.68. The first-order valence-electron chi connectivity index (χ1n) is 10.0. The van der Waals surface area contributed by atoms with Crippen LogP contribution in [0.15, 0.2) is 18.3 Å². The summed E-state index contributed by atoms with van der Waals surface area (Å²) in [5, 5.41) is 0.00466. The van der Waals surface area contributed by atoms with Gasteiger partial charge in [-0.15, -0.1) is 0 Å². The number of rotatable bonds is 6. The van der Waals surface area contributed by atoms with Crippen molar-refractivity contribution in [1.82, 2.24) is 19.5 Å². The number of imidazole rings is 1. The second-order valence-electron chi connectivity index (χ2n) is 9.18. The Morgan fingerprint density at radius 3 is 2.41 bits per heavy atom. The molecule has 0 spiro atoms. The van der Waals surface area contributed by atoms with E-state index in [2.05, 4.69) is 48.8 Å². The van der Waals surface area contributed by atoms with E-state index in [1.54, 1.807) is 0 Å². The summed E-state index contributed by atoms with van der Waals surface area (Å²) in [6.07, 6.45) is -1.39. The molecule has 2 aromatic heterocycles. The van der Waals surface area contributed by atoms with E-state index in [0.717, 1.165) is 0 Å². The summed E-state index contributed by atoms with van der Waals surface area (Å²) in [6.45, 7) is 11.7. The number of halogens is 5. The lowest BCUT2D eigenvalue weighted by Crippen LogP contribution is -2.40. The quantitative estimate of drug-likeness (QED) is 0.261. The molecule has 3 rings (SSSR count). The van der Waals surface area contributed by atoms with Gasteiger partial charge in [0.05, 0.1) is 35.1 Å². The van der Waals surface area contributed by atoms with Crippen molar-refractivity contribution in [2.75, 3.05) is 0 Å². The number of benzene rings is 1. The molecule has 0 saturated carbocycles. The van der Waals surface area contributed by atoms with Crippen molar-refractivity contribution < 1.29 is 17.6 Å². The van der Waals surface area contributed by atoms with Gasteiger partial charge < -0.3 is 8.99 Å². The van der Waals surface area contributed by atoms with Crippen molar-refractivity contribution in [2.45, 2.75) is 64.9 Å². The topological polar surface area (TPSA) is 52.8 Å². The first-order chi connectivity index (χ1) is 14.7. The zero-order chi connectivity index (χ0) is 24.0. The zero-order valence-electron chi connectivity index (χ0n) is 18.7. The lowest BCUT2D eigenvalue weighted by Gasteiger charge is -2.36. The molecule has 0 amide bonds. The molecule has 0 aliphatic heterocycles. The Balaban J connectivity index is 2.18. The van der Waals surface area contributed by atoms with Gasteiger partial charge >= 0.3 is 0 Å². The molecular weight excluding hydrogens is 480 g/mol. The highest BCUT2D eigenvalue weighted by Crippen LogP contribution is 2.38. The van der Waals surface area contributed by atoms with Crippen LogP contribution >= 0.6 is 23.2 Å². The van der Waals surface area contributed by atoms with Crippen LogP contribution in [-0.4, -0.2) is 34.3 Å². The fraction of sp³-hybridized carbons (Fsp3) is 0.476. The normalized spacial score (nSPS) is 13.9. The predicted molar refractivity (Wildman–Crippen MR) is 123 cm³/mol. The van der Waals surface area contributed by atoms with Crippen molar-refractivity contribution in [1.29, 1.82) is 0 Å². The largest absolute Gasteiger partial charge is 0.409 e. The molecule has 1 unspecified atom stereocenters. The molecule has 0 bridgehead atoms. The minimum Gasteiger partial charge on any atom is -0.409 e. The summed E-state index contributed by atoms with van der Waals surface area (Å²) >= 11 is 12.0. The number of alkyl halides is 2. The summed E-state index contributed by atoms with van der Waals surface area (Å²) in [6, 6.07) is 1.48. The Morgan fingerprint density at radius 1 is 1.16 bits per heavy atom. The van der Waals surface area contributed by atoms with Crippen LogP contribution in [0.3, 0.4) is 0 Å². The summed E-state index contributed by atoms with van der Waals surface area (Å²) in [4.78, 5) is 12.2. The summed E-state index contributed by atoms with van der Waals surface area (Å²) in [7, 11) is -2.20. The average Bonchev–Trinajstić information content (AvgIpc) is 3.05. The maximum Gasteiger partial charge on any atom is 0.258 e. The average molecular weight is 505 g/mol. The second kappa shape index (κ2) is 8.93. The summed E-state index contributed by atoms with van der Waals surface area (Å²) < 4.78 is 50.1. The third-order valence-electron chi connectivity index (χ3n) is 5.95. The van der Waals surface area contributed by atoms with Crippen molar-refractivity contribution in [3.63, 3.8) is 0 Å². The van der Waals surface area contributed by atoms with Gasteiger partial charge in [-0.25, -0.2) is 28.1 Å². The number of fused-ring (bicyclic) bond motifs is 1. The van der Waals surface area contributed by atoms with Gasteiger partial charge in [-0.1, -0.05) is 32.4 Å². The van der Waals surface area contributed by atoms with Crippen LogP contribution in [0, 0.1) is 5.82 Å². The molecule has 32 heavy (non-hydrogen) atoms. The number of hydrogen-bond donors (Lipinski definition) is 0. The molecule has 0 fully saturated rings. The highest BCUT2D eigenvalue weighted by atomic mass is 35.5. The Morgan fingerprint density at radius 2 is 1.81 bits per heavy atom. The second-order valence-corrected chi connectivity index (χ2v) is 14.7. The van der Waals surface area contributed by atoms with Crippen LogP contribution in [0.2, 0.25) is 28.4 Å². The van der Waals surface area contributed by atoms with Gasteiger partial charge in [0.1, 0.15) is 11.3 Å². The van der Waals surface area contributed by atoms with Crippen LogP contribution in [0.4, 0.5) is 13.2 Å². The molecule has 0 N–H and O–H groups in total. The molecule has 0 radical (unpaired) electrons. The Labute approximate surface area is 196 Å². The molecule has 5 nitrogen and oxygen atoms in total. The number of hydrogen-bond acceptors (Lipinski definition) is 4. The van der Waals surface area contributed by atoms with Crippen LogP contribution in [0.25, 0.3) is 22.3 Å². The standard InChI is InChI=1S/C21H25Cl2F3N4OSi/c1-11(19(25)26)30-15-8-12(17-13(22)9-27-20(23)29-17)7-14(24)18(15)28-16(30)10-31-32(5,6)21(2,3)4/h7-9,11,19H,10H2,1-6H3. The van der Waals surface area contributed by atoms with Gasteiger partial charge in [-0.05, 0) is 48.8 Å². The monoisotopic (exact) mass is 504 g/mol. The van der Waals surface area contributed by atoms with Crippen molar-refractivity contribution in [3.8, 4) is 11.3 Å². The molecule has 1 atom stereocenters. The molecule has 0 aliphatic rings. The molecule has 0 saturated heterocycles. The van der Waals surface area contributed by atoms with Crippen LogP contribution in [0.1, 0.15) is 39.6 Å². The third kappa shape index (κ3) is 4.80. The number of aromatic nitrogens is 4. The van der Waals surface area contributed by atoms with E-state index in [0.29, 0.717) is 0 Å². The van der Waals surface area contributed by atoms with E-state index < -0.39 is 26.6 Å². The van der Waals surface area contributed by atoms with E-state index in [9.17, 15) is 8.78 Å². The van der Waals surface area contributed by atoms with E-state index in [-0.39, 0.29) is 50.1 Å². The first-order valence-corrected chi connectivity index (χ1v) is 13.7. The lowest BCUT2D eigenvalue weighted by atomic mass is 10.1. The lowest BCUT2D eigenvalue weighted by molar-refractivity contribution is 0.0897. The SMILES string of the molecule is CC(C(F)F)n1c(CO[Si](C)(C)C(C)(C)C)nc2c(F)cc(-c3nc(Cl)ncc3Cl)cc21. The minimum atomic E-state index is -2.69. The molecule has 0 aliphatic carbocycles. The van der Waals surface area contributed by atoms with Gasteiger partial charge in [0.2, 0.25) is 5.28 Å². The summed E-state index contributed by atoms with van der Waals surface area (Å²) in [5.41, 5.74) is 0.659. The molecule has 11 heteroatoms. The van der Waals surface area contributed by atoms with E-state index in [1.807, 2.05) is 0 Å². The van der Waals surface area contributed by atoms with Gasteiger partial charge in [0.15, 0.2) is 14.1 Å². The van der Waals surface area contributed by atoms with E-state index in [1.165, 1.54) is 29.8 Å². The maximum absolute atomic E-state index is 15.1. The van der Waals surface area contributed by atoms with Gasteiger partial charge in [-0.2, -0.15) is 0 Å². The van der Waals surface area contributed by atoms with Crippen LogP contribution in [-0.2, 0) is 11.0 Å². The van der Waals surface area contributed by atoms with Crippen molar-refractivity contribution in [3.05, 3.63) is 40.3 Å². The third-order valence-corrected chi connectivity index (χ3v) is 10.9. The van der Waals surface area contributed by atoms with E-state index in [4.69, 9.17) is 27.6 Å². The Kier molecular flexibility index (Phi) is 6.96. The smallest absolute Gasteiger partial charge is 0.258 e. The summed E-state index contributed by atoms with van der Waals surface area (Å²) in [5.74, 6) is -0.447. The van der Waals surface area contributed by atoms with Crippen LogP contribution < -0.4 is 0 Å². The van der Waals surface area contributed by atoms with Crippen molar-refractivity contribution >= 4 is 42.6 Å². The highest BCUT2D eigenvalue weighted by molar-refractivity contribution is 6.74. The molecular formula is C21H25Cl2F3N4OSi. The van der Waals surface area contributed by atoms with Crippen LogP contribution in [0.5, 0.6) is 0 Å². The Bertz CT molecular complexity index is 1150. The van der Waals surface area contributed by atoms with Gasteiger partial charge in [-0.3, -0.25) is 0 Å². The molecule has 3 aromatic rings. The number of nitrogens with zero attached hydrogens (tertiary/aromatic N) is 4. The van der Waals surface area contributed by atoms with Gasteiger partial charge in [0, 0.05) is 5.56 Å². The zero-order valence-corrected chi connectivity index (χ0v) is 21.2. The maximum atomic E-state index is 15.1. The van der Waals surface area contributed by atoms with E-state index >= 15 is 4.39 Å². The predicted octanol–water partition coefficient (Wildman–Crippen LogP) is 7.29. The fourth-order valence-electron chi connectivity index (χ4n) is 3.02. The van der Waals surface area contributed by atoms with Gasteiger partial charge in [0.25, 0.3) is 6.43 Å². The molecule has 1 aromatic carbocycles. The first kappa shape index (κ1) is 24.9. The highest BCUT2D eigenvalue weighted by Gasteiger charge is 2.38. The van der Waals surface area contributed by atoms with Crippen molar-refractivity contribution in [2.24, 2.45) is 0 Å².